The van der Waals surface area contributed by atoms with Crippen molar-refractivity contribution in [3.63, 3.8) is 0 Å². The Kier molecular flexibility index (Phi) is 5.99. The molecule has 4 aromatic rings. The number of pyridine rings is 2. The maximum Gasteiger partial charge on any atom is 0.261 e. The van der Waals surface area contributed by atoms with Crippen molar-refractivity contribution in [2.24, 2.45) is 0 Å². The van der Waals surface area contributed by atoms with Gasteiger partial charge in [0.1, 0.15) is 5.56 Å². The second-order valence-corrected chi connectivity index (χ2v) is 7.89. The van der Waals surface area contributed by atoms with Gasteiger partial charge in [0.2, 0.25) is 0 Å². The van der Waals surface area contributed by atoms with Crippen molar-refractivity contribution in [3.05, 3.63) is 117 Å². The normalized spacial score (nSPS) is 10.7. The Bertz CT molecular complexity index is 1330. The summed E-state index contributed by atoms with van der Waals surface area (Å²) in [6.07, 6.45) is 3.52. The first-order valence-corrected chi connectivity index (χ1v) is 10.5. The van der Waals surface area contributed by atoms with Crippen molar-refractivity contribution in [2.75, 3.05) is 5.32 Å². The number of aromatic nitrogens is 2. The van der Waals surface area contributed by atoms with Crippen LogP contribution in [-0.2, 0) is 6.54 Å². The Labute approximate surface area is 187 Å². The van der Waals surface area contributed by atoms with Gasteiger partial charge in [0.15, 0.2) is 5.43 Å². The van der Waals surface area contributed by atoms with E-state index < -0.39 is 5.91 Å². The zero-order valence-electron chi connectivity index (χ0n) is 18.4. The number of rotatable bonds is 5. The highest BCUT2D eigenvalue weighted by Gasteiger charge is 2.22. The van der Waals surface area contributed by atoms with Crippen molar-refractivity contribution in [2.45, 2.75) is 27.3 Å². The number of anilines is 1. The van der Waals surface area contributed by atoms with E-state index in [2.05, 4.69) is 10.3 Å². The number of aryl methyl sites for hydroxylation is 2. The zero-order valence-corrected chi connectivity index (χ0v) is 18.4. The van der Waals surface area contributed by atoms with Gasteiger partial charge in [-0.05, 0) is 55.2 Å². The van der Waals surface area contributed by atoms with E-state index in [9.17, 15) is 9.59 Å². The van der Waals surface area contributed by atoms with Crippen LogP contribution < -0.4 is 10.7 Å². The number of nitrogens with one attached hydrogen (secondary N) is 1. The molecule has 32 heavy (non-hydrogen) atoms. The molecule has 2 aromatic carbocycles. The van der Waals surface area contributed by atoms with Crippen molar-refractivity contribution in [1.82, 2.24) is 9.55 Å². The monoisotopic (exact) mass is 423 g/mol. The average molecular weight is 424 g/mol. The minimum Gasteiger partial charge on any atom is -0.340 e. The summed E-state index contributed by atoms with van der Waals surface area (Å²) in [6, 6.07) is 20.7. The first kappa shape index (κ1) is 21.2. The molecule has 0 saturated carbocycles. The fraction of sp³-hybridized carbons (Fsp3) is 0.148. The SMILES string of the molecule is Cc1cccc(NC(=O)c2c(-c3ccccc3)n(Cc3cccnc3)c(C)cc2=O)c1C. The third kappa shape index (κ3) is 4.23. The van der Waals surface area contributed by atoms with Crippen LogP contribution in [0.1, 0.15) is 32.7 Å². The minimum absolute atomic E-state index is 0.131. The molecular formula is C27H25N3O2. The van der Waals surface area contributed by atoms with Crippen LogP contribution in [0.5, 0.6) is 0 Å². The zero-order chi connectivity index (χ0) is 22.7. The number of amides is 1. The quantitative estimate of drug-likeness (QED) is 0.484. The van der Waals surface area contributed by atoms with Gasteiger partial charge in [-0.2, -0.15) is 0 Å². The van der Waals surface area contributed by atoms with E-state index in [-0.39, 0.29) is 11.0 Å². The molecule has 0 fully saturated rings. The molecule has 0 unspecified atom stereocenters. The maximum atomic E-state index is 13.5. The van der Waals surface area contributed by atoms with E-state index in [1.165, 1.54) is 6.07 Å². The maximum absolute atomic E-state index is 13.5. The van der Waals surface area contributed by atoms with Crippen LogP contribution in [0.2, 0.25) is 0 Å². The predicted octanol–water partition coefficient (Wildman–Crippen LogP) is 5.14. The molecule has 5 nitrogen and oxygen atoms in total. The van der Waals surface area contributed by atoms with Gasteiger partial charge >= 0.3 is 0 Å². The number of carbonyl (C=O) groups is 1. The van der Waals surface area contributed by atoms with Gasteiger partial charge in [0.25, 0.3) is 5.91 Å². The predicted molar refractivity (Wildman–Crippen MR) is 128 cm³/mol. The first-order valence-electron chi connectivity index (χ1n) is 10.5. The van der Waals surface area contributed by atoms with Gasteiger partial charge < -0.3 is 9.88 Å². The molecular weight excluding hydrogens is 398 g/mol. The van der Waals surface area contributed by atoms with Gasteiger partial charge in [-0.1, -0.05) is 48.5 Å². The summed E-state index contributed by atoms with van der Waals surface area (Å²) < 4.78 is 2.01. The fourth-order valence-corrected chi connectivity index (χ4v) is 3.83. The number of carbonyl (C=O) groups excluding carboxylic acids is 1. The molecule has 0 aliphatic rings. The number of hydrogen-bond acceptors (Lipinski definition) is 3. The molecule has 0 bridgehead atoms. The lowest BCUT2D eigenvalue weighted by Gasteiger charge is -2.21. The molecule has 2 heterocycles. The second kappa shape index (κ2) is 9.02. The van der Waals surface area contributed by atoms with Gasteiger partial charge in [0, 0.05) is 36.4 Å². The van der Waals surface area contributed by atoms with Gasteiger partial charge in [0.05, 0.1) is 5.69 Å². The van der Waals surface area contributed by atoms with Crippen LogP contribution in [0.25, 0.3) is 11.3 Å². The highest BCUT2D eigenvalue weighted by atomic mass is 16.2. The average Bonchev–Trinajstić information content (AvgIpc) is 2.79. The third-order valence-electron chi connectivity index (χ3n) is 5.71. The summed E-state index contributed by atoms with van der Waals surface area (Å²) in [5.74, 6) is -0.414. The van der Waals surface area contributed by atoms with Gasteiger partial charge in [-0.25, -0.2) is 0 Å². The standard InChI is InChI=1S/C27H25N3O2/c1-18-9-7-13-23(20(18)3)29-27(32)25-24(31)15-19(2)30(17-21-10-8-14-28-16-21)26(25)22-11-5-4-6-12-22/h4-16H,17H2,1-3H3,(H,29,32). The molecule has 1 amide bonds. The third-order valence-corrected chi connectivity index (χ3v) is 5.71. The lowest BCUT2D eigenvalue weighted by Crippen LogP contribution is -2.27. The van der Waals surface area contributed by atoms with Crippen molar-refractivity contribution in [1.29, 1.82) is 0 Å². The molecule has 0 atom stereocenters. The van der Waals surface area contributed by atoms with Crippen LogP contribution in [0.3, 0.4) is 0 Å². The Morgan fingerprint density at radius 3 is 2.47 bits per heavy atom. The molecule has 0 spiro atoms. The molecule has 1 N–H and O–H groups in total. The molecule has 5 heteroatoms. The lowest BCUT2D eigenvalue weighted by atomic mass is 10.0. The van der Waals surface area contributed by atoms with Crippen LogP contribution in [0, 0.1) is 20.8 Å². The lowest BCUT2D eigenvalue weighted by molar-refractivity contribution is 0.102. The molecule has 2 aromatic heterocycles. The van der Waals surface area contributed by atoms with Gasteiger partial charge in [-0.3, -0.25) is 14.6 Å². The smallest absolute Gasteiger partial charge is 0.261 e. The summed E-state index contributed by atoms with van der Waals surface area (Å²) in [7, 11) is 0. The first-order chi connectivity index (χ1) is 15.5. The number of hydrogen-bond donors (Lipinski definition) is 1. The summed E-state index contributed by atoms with van der Waals surface area (Å²) in [5, 5.41) is 2.96. The molecule has 0 aliphatic heterocycles. The molecule has 160 valence electrons. The molecule has 0 radical (unpaired) electrons. The van der Waals surface area contributed by atoms with Gasteiger partial charge in [-0.15, -0.1) is 0 Å². The second-order valence-electron chi connectivity index (χ2n) is 7.89. The van der Waals surface area contributed by atoms with Crippen molar-refractivity contribution in [3.8, 4) is 11.3 Å². The number of benzene rings is 2. The summed E-state index contributed by atoms with van der Waals surface area (Å²) >= 11 is 0. The Balaban J connectivity index is 1.89. The van der Waals surface area contributed by atoms with Crippen LogP contribution >= 0.6 is 0 Å². The minimum atomic E-state index is -0.414. The summed E-state index contributed by atoms with van der Waals surface area (Å²) in [6.45, 7) is 6.33. The summed E-state index contributed by atoms with van der Waals surface area (Å²) in [4.78, 5) is 30.8. The highest BCUT2D eigenvalue weighted by Crippen LogP contribution is 2.26. The van der Waals surface area contributed by atoms with Crippen LogP contribution in [0.15, 0.2) is 83.9 Å². The largest absolute Gasteiger partial charge is 0.340 e. The Morgan fingerprint density at radius 2 is 1.75 bits per heavy atom. The Morgan fingerprint density at radius 1 is 0.969 bits per heavy atom. The van der Waals surface area contributed by atoms with Crippen molar-refractivity contribution < 1.29 is 4.79 Å². The topological polar surface area (TPSA) is 64.0 Å². The Hall–Kier alpha value is -3.99. The van der Waals surface area contributed by atoms with E-state index in [0.29, 0.717) is 17.9 Å². The summed E-state index contributed by atoms with van der Waals surface area (Å²) in [5.41, 5.74) is 5.75. The number of nitrogens with zero attached hydrogens (tertiary/aromatic N) is 2. The van der Waals surface area contributed by atoms with E-state index in [1.807, 2.05) is 86.0 Å². The van der Waals surface area contributed by atoms with Crippen molar-refractivity contribution >= 4 is 11.6 Å². The van der Waals surface area contributed by atoms with E-state index >= 15 is 0 Å². The van der Waals surface area contributed by atoms with Crippen LogP contribution in [-0.4, -0.2) is 15.5 Å². The van der Waals surface area contributed by atoms with E-state index in [4.69, 9.17) is 0 Å². The van der Waals surface area contributed by atoms with E-state index in [0.717, 1.165) is 27.9 Å². The fourth-order valence-electron chi connectivity index (χ4n) is 3.83. The molecule has 0 aliphatic carbocycles. The molecule has 0 saturated heterocycles. The molecule has 4 rings (SSSR count). The van der Waals surface area contributed by atoms with E-state index in [1.54, 1.807) is 12.4 Å². The highest BCUT2D eigenvalue weighted by molar-refractivity contribution is 6.08. The van der Waals surface area contributed by atoms with Crippen LogP contribution in [0.4, 0.5) is 5.69 Å².